The molecule has 0 saturated carbocycles. The van der Waals surface area contributed by atoms with E-state index in [2.05, 4.69) is 20.7 Å². The first-order valence-corrected chi connectivity index (χ1v) is 3.42. The number of carbonyl (C=O) groups is 1. The van der Waals surface area contributed by atoms with E-state index < -0.39 is 0 Å². The number of anilines is 1. The molecule has 0 unspecified atom stereocenters. The predicted octanol–water partition coefficient (Wildman–Crippen LogP) is -0.994. The molecule has 4 N–H and O–H groups in total. The molecule has 6 heteroatoms. The SMILES string of the molecule is NNc1ncc2c(n1)CNC2=O. The van der Waals surface area contributed by atoms with Gasteiger partial charge in [-0.1, -0.05) is 0 Å². The van der Waals surface area contributed by atoms with E-state index in [1.54, 1.807) is 0 Å². The normalized spacial score (nSPS) is 13.9. The van der Waals surface area contributed by atoms with Crippen LogP contribution in [0.3, 0.4) is 0 Å². The second kappa shape index (κ2) is 2.42. The number of nitrogens with two attached hydrogens (primary N) is 1. The Hall–Kier alpha value is -1.69. The molecule has 2 rings (SSSR count). The van der Waals surface area contributed by atoms with Crippen molar-refractivity contribution < 1.29 is 4.79 Å². The highest BCUT2D eigenvalue weighted by atomic mass is 16.1. The zero-order chi connectivity index (χ0) is 8.55. The van der Waals surface area contributed by atoms with E-state index in [0.717, 1.165) is 0 Å². The fourth-order valence-corrected chi connectivity index (χ4v) is 1.07. The smallest absolute Gasteiger partial charge is 0.255 e. The molecule has 0 fully saturated rings. The van der Waals surface area contributed by atoms with Gasteiger partial charge in [0.2, 0.25) is 5.95 Å². The van der Waals surface area contributed by atoms with Crippen molar-refractivity contribution >= 4 is 11.9 Å². The lowest BCUT2D eigenvalue weighted by Gasteiger charge is -1.98. The minimum Gasteiger partial charge on any atom is -0.346 e. The molecule has 2 heterocycles. The number of amides is 1. The van der Waals surface area contributed by atoms with E-state index in [0.29, 0.717) is 23.8 Å². The van der Waals surface area contributed by atoms with Gasteiger partial charge in [-0.2, -0.15) is 0 Å². The maximum Gasteiger partial charge on any atom is 0.255 e. The number of nitrogens with zero attached hydrogens (tertiary/aromatic N) is 2. The molecule has 0 aromatic carbocycles. The van der Waals surface area contributed by atoms with E-state index in [-0.39, 0.29) is 5.91 Å². The van der Waals surface area contributed by atoms with Gasteiger partial charge in [-0.05, 0) is 0 Å². The van der Waals surface area contributed by atoms with Crippen molar-refractivity contribution in [1.82, 2.24) is 15.3 Å². The lowest BCUT2D eigenvalue weighted by atomic mass is 10.3. The fourth-order valence-electron chi connectivity index (χ4n) is 1.07. The molecule has 0 spiro atoms. The quantitative estimate of drug-likeness (QED) is 0.367. The van der Waals surface area contributed by atoms with Crippen LogP contribution in [-0.4, -0.2) is 15.9 Å². The van der Waals surface area contributed by atoms with E-state index in [1.165, 1.54) is 6.20 Å². The molecule has 1 aliphatic heterocycles. The molecule has 6 nitrogen and oxygen atoms in total. The summed E-state index contributed by atoms with van der Waals surface area (Å²) < 4.78 is 0. The van der Waals surface area contributed by atoms with Crippen molar-refractivity contribution in [3.8, 4) is 0 Å². The van der Waals surface area contributed by atoms with Crippen molar-refractivity contribution in [3.63, 3.8) is 0 Å². The molecule has 0 atom stereocenters. The highest BCUT2D eigenvalue weighted by molar-refractivity contribution is 5.97. The van der Waals surface area contributed by atoms with Gasteiger partial charge in [0.25, 0.3) is 5.91 Å². The molecule has 1 aliphatic rings. The second-order valence-electron chi connectivity index (χ2n) is 2.38. The number of hydrazine groups is 1. The Morgan fingerprint density at radius 3 is 3.25 bits per heavy atom. The molecular formula is C6H7N5O. The summed E-state index contributed by atoms with van der Waals surface area (Å²) in [4.78, 5) is 18.8. The lowest BCUT2D eigenvalue weighted by Crippen LogP contribution is -2.12. The van der Waals surface area contributed by atoms with Gasteiger partial charge < -0.3 is 5.32 Å². The van der Waals surface area contributed by atoms with Gasteiger partial charge in [0.05, 0.1) is 17.8 Å². The first-order valence-electron chi connectivity index (χ1n) is 3.42. The Kier molecular flexibility index (Phi) is 1.41. The predicted molar refractivity (Wildman–Crippen MR) is 41.0 cm³/mol. The molecule has 0 radical (unpaired) electrons. The van der Waals surface area contributed by atoms with E-state index in [4.69, 9.17) is 5.84 Å². The Morgan fingerprint density at radius 1 is 1.67 bits per heavy atom. The second-order valence-corrected chi connectivity index (χ2v) is 2.38. The summed E-state index contributed by atoms with van der Waals surface area (Å²) in [5.41, 5.74) is 3.52. The fraction of sp³-hybridized carbons (Fsp3) is 0.167. The van der Waals surface area contributed by atoms with Crippen LogP contribution >= 0.6 is 0 Å². The maximum atomic E-state index is 11.0. The van der Waals surface area contributed by atoms with Crippen LogP contribution in [0.25, 0.3) is 0 Å². The Labute approximate surface area is 68.2 Å². The van der Waals surface area contributed by atoms with Gasteiger partial charge in [0.1, 0.15) is 0 Å². The third-order valence-electron chi connectivity index (χ3n) is 1.66. The van der Waals surface area contributed by atoms with Gasteiger partial charge in [-0.3, -0.25) is 10.2 Å². The highest BCUT2D eigenvalue weighted by Crippen LogP contribution is 2.12. The van der Waals surface area contributed by atoms with Gasteiger partial charge in [0, 0.05) is 6.20 Å². The molecule has 0 saturated heterocycles. The van der Waals surface area contributed by atoms with Crippen molar-refractivity contribution in [1.29, 1.82) is 0 Å². The number of nitrogen functional groups attached to an aromatic ring is 1. The minimum absolute atomic E-state index is 0.131. The summed E-state index contributed by atoms with van der Waals surface area (Å²) >= 11 is 0. The number of carbonyl (C=O) groups excluding carboxylic acids is 1. The molecule has 0 aliphatic carbocycles. The van der Waals surface area contributed by atoms with Crippen LogP contribution in [0.1, 0.15) is 16.1 Å². The summed E-state index contributed by atoms with van der Waals surface area (Å²) in [6.45, 7) is 0.450. The molecule has 62 valence electrons. The first-order chi connectivity index (χ1) is 5.81. The zero-order valence-corrected chi connectivity index (χ0v) is 6.16. The highest BCUT2D eigenvalue weighted by Gasteiger charge is 2.20. The molecule has 12 heavy (non-hydrogen) atoms. The average Bonchev–Trinajstić information content (AvgIpc) is 2.47. The topological polar surface area (TPSA) is 92.9 Å². The Balaban J connectivity index is 2.48. The van der Waals surface area contributed by atoms with E-state index in [9.17, 15) is 4.79 Å². The van der Waals surface area contributed by atoms with Crippen LogP contribution in [0.2, 0.25) is 0 Å². The van der Waals surface area contributed by atoms with Crippen molar-refractivity contribution in [2.75, 3.05) is 5.43 Å². The summed E-state index contributed by atoms with van der Waals surface area (Å²) in [6.07, 6.45) is 1.46. The summed E-state index contributed by atoms with van der Waals surface area (Å²) in [5.74, 6) is 5.29. The van der Waals surface area contributed by atoms with Crippen LogP contribution in [-0.2, 0) is 6.54 Å². The largest absolute Gasteiger partial charge is 0.346 e. The maximum absolute atomic E-state index is 11.0. The molecule has 0 bridgehead atoms. The van der Waals surface area contributed by atoms with Gasteiger partial charge in [-0.25, -0.2) is 15.8 Å². The lowest BCUT2D eigenvalue weighted by molar-refractivity contribution is 0.0965. The monoisotopic (exact) mass is 165 g/mol. The molecule has 1 aromatic rings. The van der Waals surface area contributed by atoms with Gasteiger partial charge in [0.15, 0.2) is 0 Å². The number of fused-ring (bicyclic) bond motifs is 1. The Morgan fingerprint density at radius 2 is 2.50 bits per heavy atom. The summed E-state index contributed by atoms with van der Waals surface area (Å²) in [7, 11) is 0. The van der Waals surface area contributed by atoms with Crippen molar-refractivity contribution in [3.05, 3.63) is 17.5 Å². The van der Waals surface area contributed by atoms with Crippen LogP contribution in [0.5, 0.6) is 0 Å². The third kappa shape index (κ3) is 0.892. The first kappa shape index (κ1) is 6.99. The molecule has 1 aromatic heterocycles. The molecule has 1 amide bonds. The van der Waals surface area contributed by atoms with Gasteiger partial charge in [-0.15, -0.1) is 0 Å². The van der Waals surface area contributed by atoms with E-state index in [1.807, 2.05) is 0 Å². The third-order valence-corrected chi connectivity index (χ3v) is 1.66. The Bertz CT molecular complexity index is 337. The summed E-state index contributed by atoms with van der Waals surface area (Å²) in [5, 5.41) is 2.63. The number of nitrogens with one attached hydrogen (secondary N) is 2. The number of rotatable bonds is 1. The van der Waals surface area contributed by atoms with Crippen molar-refractivity contribution in [2.45, 2.75) is 6.54 Å². The zero-order valence-electron chi connectivity index (χ0n) is 6.16. The molecular weight excluding hydrogens is 158 g/mol. The number of hydrogen-bond donors (Lipinski definition) is 3. The number of aromatic nitrogens is 2. The van der Waals surface area contributed by atoms with Crippen LogP contribution in [0, 0.1) is 0 Å². The van der Waals surface area contributed by atoms with E-state index >= 15 is 0 Å². The van der Waals surface area contributed by atoms with Crippen LogP contribution in [0.15, 0.2) is 6.20 Å². The summed E-state index contributed by atoms with van der Waals surface area (Å²) in [6, 6.07) is 0. The van der Waals surface area contributed by atoms with Crippen LogP contribution in [0.4, 0.5) is 5.95 Å². The van der Waals surface area contributed by atoms with Crippen LogP contribution < -0.4 is 16.6 Å². The standard InChI is InChI=1S/C6H7N5O/c7-11-6-9-1-3-4(10-6)2-8-5(3)12/h1H,2,7H2,(H,8,12)(H,9,10,11). The average molecular weight is 165 g/mol. The van der Waals surface area contributed by atoms with Crippen molar-refractivity contribution in [2.24, 2.45) is 5.84 Å². The number of hydrogen-bond acceptors (Lipinski definition) is 5. The minimum atomic E-state index is -0.131. The van der Waals surface area contributed by atoms with Gasteiger partial charge >= 0.3 is 0 Å².